The summed E-state index contributed by atoms with van der Waals surface area (Å²) >= 11 is 0. The van der Waals surface area contributed by atoms with Crippen LogP contribution < -0.4 is 0 Å². The predicted octanol–water partition coefficient (Wildman–Crippen LogP) is 1.74. The van der Waals surface area contributed by atoms with Crippen molar-refractivity contribution in [2.24, 2.45) is 0 Å². The van der Waals surface area contributed by atoms with Crippen LogP contribution in [0.25, 0.3) is 10.9 Å². The second-order valence-corrected chi connectivity index (χ2v) is 2.26. The van der Waals surface area contributed by atoms with Crippen molar-refractivity contribution in [3.63, 3.8) is 0 Å². The minimum absolute atomic E-state index is 0.300. The Labute approximate surface area is 66.7 Å². The zero-order chi connectivity index (χ0) is 8.55. The molecule has 0 unspecified atom stereocenters. The third-order valence-electron chi connectivity index (χ3n) is 1.53. The van der Waals surface area contributed by atoms with Gasteiger partial charge in [-0.2, -0.15) is 0 Å². The second kappa shape index (κ2) is 2.30. The van der Waals surface area contributed by atoms with E-state index in [-0.39, 0.29) is 5.88 Å². The maximum absolute atomic E-state index is 10.3. The van der Waals surface area contributed by atoms with Crippen molar-refractivity contribution in [1.82, 2.24) is 5.16 Å². The van der Waals surface area contributed by atoms with Crippen molar-refractivity contribution in [1.29, 1.82) is 0 Å². The molecule has 2 rings (SSSR count). The fourth-order valence-corrected chi connectivity index (χ4v) is 1.01. The molecule has 2 aromatic rings. The van der Waals surface area contributed by atoms with Crippen LogP contribution in [0, 0.1) is 10.1 Å². The third-order valence-corrected chi connectivity index (χ3v) is 1.53. The van der Waals surface area contributed by atoms with Crippen molar-refractivity contribution < 1.29 is 9.45 Å². The molecule has 0 atom stereocenters. The maximum atomic E-state index is 10.3. The standard InChI is InChI=1S/C7H4N2O3/c10-9(11)7-5-3-1-2-4-6(5)8-12-7/h1-4H. The summed E-state index contributed by atoms with van der Waals surface area (Å²) in [5, 5.41) is 14.3. The molecule has 0 aliphatic heterocycles. The van der Waals surface area contributed by atoms with E-state index in [0.29, 0.717) is 10.9 Å². The van der Waals surface area contributed by atoms with E-state index in [1.54, 1.807) is 24.3 Å². The topological polar surface area (TPSA) is 69.2 Å². The van der Waals surface area contributed by atoms with Gasteiger partial charge in [0.05, 0.1) is 0 Å². The molecule has 1 aromatic heterocycles. The Morgan fingerprint density at radius 2 is 2.17 bits per heavy atom. The molecule has 1 aromatic carbocycles. The number of hydrogen-bond donors (Lipinski definition) is 0. The van der Waals surface area contributed by atoms with E-state index in [9.17, 15) is 10.1 Å². The van der Waals surface area contributed by atoms with Gasteiger partial charge >= 0.3 is 5.88 Å². The van der Waals surface area contributed by atoms with Gasteiger partial charge in [0.15, 0.2) is 0 Å². The first-order chi connectivity index (χ1) is 5.79. The Kier molecular flexibility index (Phi) is 1.30. The van der Waals surface area contributed by atoms with Crippen molar-refractivity contribution in [2.45, 2.75) is 0 Å². The normalized spacial score (nSPS) is 10.3. The van der Waals surface area contributed by atoms with Gasteiger partial charge in [0, 0.05) is 0 Å². The molecule has 0 aliphatic rings. The van der Waals surface area contributed by atoms with Crippen LogP contribution in [0.4, 0.5) is 5.88 Å². The largest absolute Gasteiger partial charge is 0.463 e. The lowest BCUT2D eigenvalue weighted by atomic mass is 10.2. The summed E-state index contributed by atoms with van der Waals surface area (Å²) in [5.74, 6) is -0.300. The number of rotatable bonds is 1. The second-order valence-electron chi connectivity index (χ2n) is 2.26. The number of fused-ring (bicyclic) bond motifs is 1. The average Bonchev–Trinajstić information content (AvgIpc) is 2.47. The minimum atomic E-state index is -0.588. The van der Waals surface area contributed by atoms with Crippen LogP contribution >= 0.6 is 0 Å². The molecule has 60 valence electrons. The summed E-state index contributed by atoms with van der Waals surface area (Å²) in [7, 11) is 0. The molecule has 5 heteroatoms. The molecule has 0 amide bonds. The van der Waals surface area contributed by atoms with Crippen molar-refractivity contribution in [3.05, 3.63) is 34.4 Å². The van der Waals surface area contributed by atoms with Crippen LogP contribution in [0.2, 0.25) is 0 Å². The Bertz CT molecular complexity index is 435. The summed E-state index contributed by atoms with van der Waals surface area (Å²) in [5.41, 5.74) is 0.504. The van der Waals surface area contributed by atoms with Gasteiger partial charge in [-0.25, -0.2) is 0 Å². The van der Waals surface area contributed by atoms with Gasteiger partial charge < -0.3 is 0 Å². The molecule has 0 aliphatic carbocycles. The van der Waals surface area contributed by atoms with E-state index in [4.69, 9.17) is 0 Å². The van der Waals surface area contributed by atoms with E-state index in [1.165, 1.54) is 0 Å². The van der Waals surface area contributed by atoms with Crippen molar-refractivity contribution in [3.8, 4) is 0 Å². The highest BCUT2D eigenvalue weighted by Crippen LogP contribution is 2.23. The summed E-state index contributed by atoms with van der Waals surface area (Å²) in [6, 6.07) is 6.71. The lowest BCUT2D eigenvalue weighted by Crippen LogP contribution is -1.84. The molecule has 0 radical (unpaired) electrons. The zero-order valence-corrected chi connectivity index (χ0v) is 5.93. The Morgan fingerprint density at radius 3 is 2.92 bits per heavy atom. The van der Waals surface area contributed by atoms with Crippen LogP contribution in [0.5, 0.6) is 0 Å². The number of aromatic nitrogens is 1. The monoisotopic (exact) mass is 164 g/mol. The highest BCUT2D eigenvalue weighted by atomic mass is 16.7. The van der Waals surface area contributed by atoms with Crippen LogP contribution in [-0.4, -0.2) is 10.1 Å². The lowest BCUT2D eigenvalue weighted by molar-refractivity contribution is -0.402. The molecule has 0 N–H and O–H groups in total. The number of hydrogen-bond acceptors (Lipinski definition) is 4. The molecule has 0 saturated heterocycles. The van der Waals surface area contributed by atoms with E-state index >= 15 is 0 Å². The summed E-state index contributed by atoms with van der Waals surface area (Å²) < 4.78 is 4.53. The highest BCUT2D eigenvalue weighted by Gasteiger charge is 2.17. The first kappa shape index (κ1) is 6.78. The average molecular weight is 164 g/mol. The highest BCUT2D eigenvalue weighted by molar-refractivity contribution is 5.84. The fraction of sp³-hybridized carbons (Fsp3) is 0. The molecule has 0 bridgehead atoms. The van der Waals surface area contributed by atoms with Gasteiger partial charge in [-0.3, -0.25) is 14.6 Å². The molecular formula is C7H4N2O3. The molecule has 0 saturated carbocycles. The number of nitrogens with zero attached hydrogens (tertiary/aromatic N) is 2. The smallest absolute Gasteiger partial charge is 0.288 e. The summed E-state index contributed by atoms with van der Waals surface area (Å²) in [4.78, 5) is 9.76. The fourth-order valence-electron chi connectivity index (χ4n) is 1.01. The molecule has 0 fully saturated rings. The van der Waals surface area contributed by atoms with Gasteiger partial charge in [0.2, 0.25) is 0 Å². The summed E-state index contributed by atoms with van der Waals surface area (Å²) in [6.45, 7) is 0. The quantitative estimate of drug-likeness (QED) is 0.475. The minimum Gasteiger partial charge on any atom is -0.288 e. The molecule has 1 heterocycles. The maximum Gasteiger partial charge on any atom is 0.463 e. The van der Waals surface area contributed by atoms with Crippen LogP contribution in [0.15, 0.2) is 28.8 Å². The molecule has 0 spiro atoms. The van der Waals surface area contributed by atoms with Crippen molar-refractivity contribution >= 4 is 16.8 Å². The van der Waals surface area contributed by atoms with Crippen LogP contribution in [-0.2, 0) is 0 Å². The molecular weight excluding hydrogens is 160 g/mol. The summed E-state index contributed by atoms with van der Waals surface area (Å²) in [6.07, 6.45) is 0. The lowest BCUT2D eigenvalue weighted by Gasteiger charge is -1.82. The third kappa shape index (κ3) is 0.833. The van der Waals surface area contributed by atoms with E-state index in [1.807, 2.05) is 0 Å². The van der Waals surface area contributed by atoms with Gasteiger partial charge in [-0.15, -0.1) is 0 Å². The van der Waals surface area contributed by atoms with Crippen molar-refractivity contribution in [2.75, 3.05) is 0 Å². The van der Waals surface area contributed by atoms with Gasteiger partial charge in [-0.1, -0.05) is 17.3 Å². The predicted molar refractivity (Wildman–Crippen MR) is 40.7 cm³/mol. The Morgan fingerprint density at radius 1 is 1.42 bits per heavy atom. The SMILES string of the molecule is O=[N+]([O-])c1onc2ccccc12. The van der Waals surface area contributed by atoms with E-state index < -0.39 is 4.92 Å². The Hall–Kier alpha value is -1.91. The molecule has 5 nitrogen and oxygen atoms in total. The van der Waals surface area contributed by atoms with Gasteiger partial charge in [-0.05, 0) is 12.1 Å². The first-order valence-electron chi connectivity index (χ1n) is 3.28. The number of nitro groups is 1. The van der Waals surface area contributed by atoms with E-state index in [0.717, 1.165) is 0 Å². The van der Waals surface area contributed by atoms with Crippen LogP contribution in [0.3, 0.4) is 0 Å². The van der Waals surface area contributed by atoms with E-state index in [2.05, 4.69) is 9.68 Å². The van der Waals surface area contributed by atoms with Gasteiger partial charge in [0.1, 0.15) is 15.8 Å². The first-order valence-corrected chi connectivity index (χ1v) is 3.28. The van der Waals surface area contributed by atoms with Gasteiger partial charge in [0.25, 0.3) is 0 Å². The number of benzene rings is 1. The Balaban J connectivity index is 2.79. The molecule has 12 heavy (non-hydrogen) atoms. The van der Waals surface area contributed by atoms with Crippen LogP contribution in [0.1, 0.15) is 0 Å². The zero-order valence-electron chi connectivity index (χ0n) is 5.93.